The Kier molecular flexibility index (Phi) is 3.81. The molecule has 0 saturated heterocycles. The number of halogens is 2. The molecule has 0 radical (unpaired) electrons. The summed E-state index contributed by atoms with van der Waals surface area (Å²) in [5.74, 6) is 0.0926. The molecule has 1 aromatic carbocycles. The molecule has 0 bridgehead atoms. The lowest BCUT2D eigenvalue weighted by atomic mass is 10.1. The van der Waals surface area contributed by atoms with Crippen molar-refractivity contribution >= 4 is 55.6 Å². The number of hydrogen-bond donors (Lipinski definition) is 0. The molecule has 0 saturated carbocycles. The highest BCUT2D eigenvalue weighted by molar-refractivity contribution is 14.1. The number of benzene rings is 1. The van der Waals surface area contributed by atoms with Crippen LogP contribution >= 0.6 is 49.9 Å². The van der Waals surface area contributed by atoms with Crippen molar-refractivity contribution in [1.82, 2.24) is 0 Å². The lowest BCUT2D eigenvalue weighted by Crippen LogP contribution is -2.02. The van der Waals surface area contributed by atoms with E-state index in [-0.39, 0.29) is 5.78 Å². The van der Waals surface area contributed by atoms with Crippen LogP contribution in [0.1, 0.15) is 20.8 Å². The van der Waals surface area contributed by atoms with Crippen molar-refractivity contribution in [2.45, 2.75) is 6.92 Å². The second kappa shape index (κ2) is 4.98. The molecular weight excluding hydrogens is 399 g/mol. The van der Waals surface area contributed by atoms with Gasteiger partial charge < -0.3 is 0 Å². The second-order valence-corrected chi connectivity index (χ2v) is 6.59. The van der Waals surface area contributed by atoms with Crippen molar-refractivity contribution < 1.29 is 4.79 Å². The number of carbonyl (C=O) groups is 1. The molecule has 0 unspecified atom stereocenters. The van der Waals surface area contributed by atoms with E-state index >= 15 is 0 Å². The summed E-state index contributed by atoms with van der Waals surface area (Å²) in [5.41, 5.74) is 1.53. The molecule has 0 N–H and O–H groups in total. The molecule has 0 atom stereocenters. The van der Waals surface area contributed by atoms with Crippen molar-refractivity contribution in [3.63, 3.8) is 0 Å². The standard InChI is InChI=1S/C12H8BrIOS/c1-7-4-8(6-16-7)12(15)10-5-9(13)2-3-11(10)14/h2-6H,1H3. The van der Waals surface area contributed by atoms with Gasteiger partial charge in [0.1, 0.15) is 0 Å². The van der Waals surface area contributed by atoms with Crippen molar-refractivity contribution in [1.29, 1.82) is 0 Å². The Hall–Kier alpha value is -0.200. The summed E-state index contributed by atoms with van der Waals surface area (Å²) < 4.78 is 1.91. The highest BCUT2D eigenvalue weighted by Crippen LogP contribution is 2.23. The van der Waals surface area contributed by atoms with Crippen LogP contribution in [0.4, 0.5) is 0 Å². The molecular formula is C12H8BrIOS. The number of rotatable bonds is 2. The first-order valence-electron chi connectivity index (χ1n) is 4.63. The predicted molar refractivity (Wildman–Crippen MR) is 79.3 cm³/mol. The molecule has 1 aromatic heterocycles. The molecule has 1 nitrogen and oxygen atoms in total. The van der Waals surface area contributed by atoms with Crippen molar-refractivity contribution in [2.24, 2.45) is 0 Å². The third kappa shape index (κ3) is 2.55. The quantitative estimate of drug-likeness (QED) is 0.523. The monoisotopic (exact) mass is 406 g/mol. The number of ketones is 1. The molecule has 82 valence electrons. The first-order valence-corrected chi connectivity index (χ1v) is 7.38. The molecule has 2 aromatic rings. The molecule has 0 amide bonds. The third-order valence-electron chi connectivity index (χ3n) is 2.17. The SMILES string of the molecule is Cc1cc(C(=O)c2cc(Br)ccc2I)cs1. The minimum atomic E-state index is 0.0926. The van der Waals surface area contributed by atoms with E-state index in [2.05, 4.69) is 38.5 Å². The second-order valence-electron chi connectivity index (χ2n) is 3.40. The van der Waals surface area contributed by atoms with Gasteiger partial charge in [0.2, 0.25) is 0 Å². The normalized spacial score (nSPS) is 10.4. The Morgan fingerprint density at radius 2 is 2.12 bits per heavy atom. The topological polar surface area (TPSA) is 17.1 Å². The fourth-order valence-corrected chi connectivity index (χ4v) is 3.01. The van der Waals surface area contributed by atoms with Crippen molar-refractivity contribution in [3.05, 3.63) is 53.7 Å². The fourth-order valence-electron chi connectivity index (χ4n) is 1.39. The third-order valence-corrected chi connectivity index (χ3v) is 4.46. The number of hydrogen-bond acceptors (Lipinski definition) is 2. The lowest BCUT2D eigenvalue weighted by Gasteiger charge is -2.02. The molecule has 16 heavy (non-hydrogen) atoms. The molecule has 0 aliphatic carbocycles. The van der Waals surface area contributed by atoms with Crippen molar-refractivity contribution in [2.75, 3.05) is 0 Å². The summed E-state index contributed by atoms with van der Waals surface area (Å²) >= 11 is 7.18. The van der Waals surface area contributed by atoms with Crippen LogP contribution in [0.5, 0.6) is 0 Å². The Morgan fingerprint density at radius 1 is 1.38 bits per heavy atom. The van der Waals surface area contributed by atoms with Crippen LogP contribution in [-0.2, 0) is 0 Å². The Morgan fingerprint density at radius 3 is 2.75 bits per heavy atom. The van der Waals surface area contributed by atoms with E-state index in [0.29, 0.717) is 0 Å². The average Bonchev–Trinajstić information content (AvgIpc) is 2.67. The van der Waals surface area contributed by atoms with E-state index in [9.17, 15) is 4.79 Å². The van der Waals surface area contributed by atoms with E-state index in [1.54, 1.807) is 11.3 Å². The van der Waals surface area contributed by atoms with Gasteiger partial charge in [0, 0.05) is 29.4 Å². The van der Waals surface area contributed by atoms with Crippen LogP contribution in [-0.4, -0.2) is 5.78 Å². The Bertz CT molecular complexity index is 548. The predicted octanol–water partition coefficient (Wildman–Crippen LogP) is 4.65. The molecule has 2 rings (SSSR count). The van der Waals surface area contributed by atoms with Gasteiger partial charge in [-0.1, -0.05) is 15.9 Å². The number of aryl methyl sites for hydroxylation is 1. The summed E-state index contributed by atoms with van der Waals surface area (Å²) in [6, 6.07) is 7.69. The smallest absolute Gasteiger partial charge is 0.194 e. The average molecular weight is 407 g/mol. The zero-order valence-electron chi connectivity index (χ0n) is 8.46. The maximum Gasteiger partial charge on any atom is 0.194 e. The van der Waals surface area contributed by atoms with Gasteiger partial charge in [-0.2, -0.15) is 0 Å². The van der Waals surface area contributed by atoms with Crippen LogP contribution in [0.3, 0.4) is 0 Å². The van der Waals surface area contributed by atoms with Gasteiger partial charge in [0.25, 0.3) is 0 Å². The number of thiophene rings is 1. The van der Waals surface area contributed by atoms with Gasteiger partial charge in [-0.05, 0) is 53.8 Å². The summed E-state index contributed by atoms with van der Waals surface area (Å²) in [5, 5.41) is 1.91. The fraction of sp³-hybridized carbons (Fsp3) is 0.0833. The van der Waals surface area contributed by atoms with Crippen LogP contribution in [0.2, 0.25) is 0 Å². The molecule has 0 aliphatic heterocycles. The highest BCUT2D eigenvalue weighted by atomic mass is 127. The van der Waals surface area contributed by atoms with Gasteiger partial charge >= 0.3 is 0 Å². The first kappa shape index (κ1) is 12.3. The Labute approximate surface area is 120 Å². The van der Waals surface area contributed by atoms with Gasteiger partial charge in [0.05, 0.1) is 0 Å². The van der Waals surface area contributed by atoms with Crippen LogP contribution < -0.4 is 0 Å². The van der Waals surface area contributed by atoms with Crippen LogP contribution in [0, 0.1) is 10.5 Å². The van der Waals surface area contributed by atoms with E-state index < -0.39 is 0 Å². The van der Waals surface area contributed by atoms with Gasteiger partial charge in [-0.3, -0.25) is 4.79 Å². The van der Waals surface area contributed by atoms with E-state index in [0.717, 1.165) is 24.0 Å². The summed E-state index contributed by atoms with van der Waals surface area (Å²) in [4.78, 5) is 13.4. The van der Waals surface area contributed by atoms with Gasteiger partial charge in [-0.25, -0.2) is 0 Å². The highest BCUT2D eigenvalue weighted by Gasteiger charge is 2.13. The molecule has 0 spiro atoms. The zero-order chi connectivity index (χ0) is 11.7. The lowest BCUT2D eigenvalue weighted by molar-refractivity contribution is 0.103. The summed E-state index contributed by atoms with van der Waals surface area (Å²) in [6.45, 7) is 2.01. The summed E-state index contributed by atoms with van der Waals surface area (Å²) in [7, 11) is 0. The maximum absolute atomic E-state index is 12.2. The largest absolute Gasteiger partial charge is 0.289 e. The molecule has 1 heterocycles. The van der Waals surface area contributed by atoms with Crippen LogP contribution in [0.15, 0.2) is 34.1 Å². The van der Waals surface area contributed by atoms with E-state index in [1.165, 1.54) is 0 Å². The van der Waals surface area contributed by atoms with Gasteiger partial charge in [-0.15, -0.1) is 11.3 Å². The van der Waals surface area contributed by atoms with Gasteiger partial charge in [0.15, 0.2) is 5.78 Å². The van der Waals surface area contributed by atoms with Crippen molar-refractivity contribution in [3.8, 4) is 0 Å². The van der Waals surface area contributed by atoms with E-state index in [1.807, 2.05) is 36.6 Å². The zero-order valence-corrected chi connectivity index (χ0v) is 13.0. The minimum Gasteiger partial charge on any atom is -0.289 e. The van der Waals surface area contributed by atoms with Crippen LogP contribution in [0.25, 0.3) is 0 Å². The first-order chi connectivity index (χ1) is 7.58. The molecule has 0 aliphatic rings. The summed E-state index contributed by atoms with van der Waals surface area (Å²) in [6.07, 6.45) is 0. The number of carbonyl (C=O) groups excluding carboxylic acids is 1. The maximum atomic E-state index is 12.2. The molecule has 0 fully saturated rings. The molecule has 4 heteroatoms. The van der Waals surface area contributed by atoms with E-state index in [4.69, 9.17) is 0 Å². The Balaban J connectivity index is 2.45. The minimum absolute atomic E-state index is 0.0926.